The van der Waals surface area contributed by atoms with Gasteiger partial charge in [-0.15, -0.1) is 0 Å². The van der Waals surface area contributed by atoms with Crippen LogP contribution in [0.25, 0.3) is 0 Å². The highest BCUT2D eigenvalue weighted by molar-refractivity contribution is 5.81. The van der Waals surface area contributed by atoms with Gasteiger partial charge in [0.15, 0.2) is 11.5 Å². The van der Waals surface area contributed by atoms with E-state index in [1.54, 1.807) is 31.3 Å². The molecule has 36 heavy (non-hydrogen) atoms. The number of anilines is 1. The summed E-state index contributed by atoms with van der Waals surface area (Å²) in [6, 6.07) is 12.3. The molecule has 2 fully saturated rings. The van der Waals surface area contributed by atoms with Crippen LogP contribution in [0.2, 0.25) is 0 Å². The number of piperidine rings is 1. The van der Waals surface area contributed by atoms with Crippen LogP contribution in [0.15, 0.2) is 42.5 Å². The maximum absolute atomic E-state index is 14.2. The largest absolute Gasteiger partial charge is 0.493 e. The van der Waals surface area contributed by atoms with Gasteiger partial charge < -0.3 is 29.5 Å². The molecule has 9 heteroatoms. The molecule has 2 aromatic rings. The van der Waals surface area contributed by atoms with Crippen molar-refractivity contribution in [2.24, 2.45) is 5.92 Å². The third-order valence-corrected chi connectivity index (χ3v) is 7.08. The number of benzene rings is 2. The summed E-state index contributed by atoms with van der Waals surface area (Å²) >= 11 is 0. The minimum atomic E-state index is -0.320. The molecule has 0 bridgehead atoms. The second-order valence-electron chi connectivity index (χ2n) is 9.25. The topological polar surface area (TPSA) is 74.4 Å². The predicted molar refractivity (Wildman–Crippen MR) is 136 cm³/mol. The van der Waals surface area contributed by atoms with Crippen LogP contribution in [0.3, 0.4) is 0 Å². The summed E-state index contributed by atoms with van der Waals surface area (Å²) in [5.74, 6) is 0.715. The first-order chi connectivity index (χ1) is 17.4. The molecule has 2 aromatic carbocycles. The number of rotatable bonds is 6. The van der Waals surface area contributed by atoms with Gasteiger partial charge in [0.1, 0.15) is 5.82 Å². The van der Waals surface area contributed by atoms with Gasteiger partial charge in [-0.3, -0.25) is 4.79 Å². The molecule has 2 heterocycles. The summed E-state index contributed by atoms with van der Waals surface area (Å²) in [5, 5.41) is 2.87. The van der Waals surface area contributed by atoms with Crippen molar-refractivity contribution in [3.8, 4) is 11.5 Å². The molecular weight excluding hydrogens is 463 g/mol. The van der Waals surface area contributed by atoms with Crippen molar-refractivity contribution in [3.63, 3.8) is 0 Å². The average molecular weight is 499 g/mol. The lowest BCUT2D eigenvalue weighted by Gasteiger charge is -2.41. The van der Waals surface area contributed by atoms with Crippen LogP contribution in [0, 0.1) is 11.7 Å². The first-order valence-corrected chi connectivity index (χ1v) is 12.5. The van der Waals surface area contributed by atoms with Gasteiger partial charge in [-0.2, -0.15) is 0 Å². The molecule has 0 radical (unpaired) electrons. The normalized spacial score (nSPS) is 20.2. The number of halogens is 1. The van der Waals surface area contributed by atoms with Crippen LogP contribution in [0.4, 0.5) is 14.9 Å². The number of ether oxygens (including phenoxy) is 2. The molecule has 0 saturated carbocycles. The SMILES string of the molecule is CCNC(=O)N1CC(C(=O)N2CCN(c3ccccc3F)CC2)CC(c2ccc(OC)c(OC)c2)C1. The van der Waals surface area contributed by atoms with E-state index >= 15 is 0 Å². The Balaban J connectivity index is 1.49. The van der Waals surface area contributed by atoms with E-state index in [0.29, 0.717) is 69.4 Å². The third-order valence-electron chi connectivity index (χ3n) is 7.08. The molecule has 1 N–H and O–H groups in total. The lowest BCUT2D eigenvalue weighted by molar-refractivity contribution is -0.137. The van der Waals surface area contributed by atoms with Crippen molar-refractivity contribution in [2.45, 2.75) is 19.3 Å². The van der Waals surface area contributed by atoms with E-state index < -0.39 is 0 Å². The maximum atomic E-state index is 14.2. The minimum absolute atomic E-state index is 0.0187. The van der Waals surface area contributed by atoms with Crippen molar-refractivity contribution < 1.29 is 23.5 Å². The number of urea groups is 1. The van der Waals surface area contributed by atoms with Crippen molar-refractivity contribution in [1.29, 1.82) is 0 Å². The highest BCUT2D eigenvalue weighted by Crippen LogP contribution is 2.36. The molecule has 194 valence electrons. The number of carbonyl (C=O) groups excluding carboxylic acids is 2. The summed E-state index contributed by atoms with van der Waals surface area (Å²) in [6.07, 6.45) is 0.637. The van der Waals surface area contributed by atoms with E-state index in [1.807, 2.05) is 41.0 Å². The Bertz CT molecular complexity index is 1070. The van der Waals surface area contributed by atoms with Gasteiger partial charge in [0.2, 0.25) is 5.91 Å². The number of nitrogens with one attached hydrogen (secondary N) is 1. The van der Waals surface area contributed by atoms with E-state index in [1.165, 1.54) is 6.07 Å². The first-order valence-electron chi connectivity index (χ1n) is 12.5. The number of para-hydroxylation sites is 1. The number of hydrogen-bond acceptors (Lipinski definition) is 5. The minimum Gasteiger partial charge on any atom is -0.493 e. The monoisotopic (exact) mass is 498 g/mol. The molecule has 4 rings (SSSR count). The van der Waals surface area contributed by atoms with Crippen LogP contribution >= 0.6 is 0 Å². The molecule has 2 atom stereocenters. The molecule has 8 nitrogen and oxygen atoms in total. The molecule has 3 amide bonds. The van der Waals surface area contributed by atoms with Crippen LogP contribution in [0.1, 0.15) is 24.8 Å². The second kappa shape index (κ2) is 11.5. The third kappa shape index (κ3) is 5.50. The van der Waals surface area contributed by atoms with Crippen LogP contribution in [-0.2, 0) is 4.79 Å². The predicted octanol–water partition coefficient (Wildman–Crippen LogP) is 3.33. The Morgan fingerprint density at radius 1 is 0.972 bits per heavy atom. The van der Waals surface area contributed by atoms with E-state index in [9.17, 15) is 14.0 Å². The van der Waals surface area contributed by atoms with Gasteiger partial charge in [0.25, 0.3) is 0 Å². The molecule has 2 aliphatic rings. The molecule has 2 aliphatic heterocycles. The van der Waals surface area contributed by atoms with E-state index in [0.717, 1.165) is 5.56 Å². The zero-order valence-corrected chi connectivity index (χ0v) is 21.2. The molecule has 2 saturated heterocycles. The molecule has 0 aliphatic carbocycles. The summed E-state index contributed by atoms with van der Waals surface area (Å²) in [6.45, 7) is 5.47. The van der Waals surface area contributed by atoms with Crippen molar-refractivity contribution in [2.75, 3.05) is 64.9 Å². The number of amides is 3. The van der Waals surface area contributed by atoms with E-state index in [-0.39, 0.29) is 29.6 Å². The Hall–Kier alpha value is -3.49. The summed E-state index contributed by atoms with van der Waals surface area (Å²) < 4.78 is 25.1. The molecule has 0 spiro atoms. The zero-order chi connectivity index (χ0) is 25.7. The van der Waals surface area contributed by atoms with Crippen molar-refractivity contribution in [1.82, 2.24) is 15.1 Å². The maximum Gasteiger partial charge on any atom is 0.317 e. The molecular formula is C27H35FN4O4. The quantitative estimate of drug-likeness (QED) is 0.662. The Labute approximate surface area is 211 Å². The smallest absolute Gasteiger partial charge is 0.317 e. The Kier molecular flexibility index (Phi) is 8.18. The van der Waals surface area contributed by atoms with E-state index in [2.05, 4.69) is 5.32 Å². The summed E-state index contributed by atoms with van der Waals surface area (Å²) in [7, 11) is 3.19. The average Bonchev–Trinajstić information content (AvgIpc) is 2.92. The lowest BCUT2D eigenvalue weighted by atomic mass is 9.83. The summed E-state index contributed by atoms with van der Waals surface area (Å²) in [5.41, 5.74) is 1.57. The number of piperazine rings is 1. The number of methoxy groups -OCH3 is 2. The van der Waals surface area contributed by atoms with E-state index in [4.69, 9.17) is 9.47 Å². The van der Waals surface area contributed by atoms with Gasteiger partial charge in [0.05, 0.1) is 25.8 Å². The van der Waals surface area contributed by atoms with Crippen LogP contribution in [0.5, 0.6) is 11.5 Å². The summed E-state index contributed by atoms with van der Waals surface area (Å²) in [4.78, 5) is 32.0. The lowest BCUT2D eigenvalue weighted by Crippen LogP contribution is -2.55. The highest BCUT2D eigenvalue weighted by atomic mass is 19.1. The standard InChI is InChI=1S/C27H35FN4O4/c1-4-29-27(34)32-17-20(19-9-10-24(35-2)25(16-19)36-3)15-21(18-32)26(33)31-13-11-30(12-14-31)23-8-6-5-7-22(23)28/h5-10,16,20-21H,4,11-15,17-18H2,1-3H3,(H,29,34). The van der Waals surface area contributed by atoms with Gasteiger partial charge >= 0.3 is 6.03 Å². The number of likely N-dealkylation sites (tertiary alicyclic amines) is 1. The van der Waals surface area contributed by atoms with Crippen molar-refractivity contribution >= 4 is 17.6 Å². The van der Waals surface area contributed by atoms with Crippen molar-refractivity contribution in [3.05, 3.63) is 53.8 Å². The molecule has 0 aromatic heterocycles. The fraction of sp³-hybridized carbons (Fsp3) is 0.481. The number of nitrogens with zero attached hydrogens (tertiary/aromatic N) is 3. The van der Waals surface area contributed by atoms with Crippen LogP contribution < -0.4 is 19.7 Å². The highest BCUT2D eigenvalue weighted by Gasteiger charge is 2.37. The van der Waals surface area contributed by atoms with Gasteiger partial charge in [-0.25, -0.2) is 9.18 Å². The van der Waals surface area contributed by atoms with Crippen LogP contribution in [-0.4, -0.2) is 81.8 Å². The second-order valence-corrected chi connectivity index (χ2v) is 9.25. The fourth-order valence-electron chi connectivity index (χ4n) is 5.19. The fourth-order valence-corrected chi connectivity index (χ4v) is 5.19. The number of hydrogen-bond donors (Lipinski definition) is 1. The molecule has 2 unspecified atom stereocenters. The Morgan fingerprint density at radius 3 is 2.36 bits per heavy atom. The first kappa shape index (κ1) is 25.6. The zero-order valence-electron chi connectivity index (χ0n) is 21.2. The van der Waals surface area contributed by atoms with Gasteiger partial charge in [-0.05, 0) is 43.2 Å². The number of carbonyl (C=O) groups is 2. The van der Waals surface area contributed by atoms with Gasteiger partial charge in [-0.1, -0.05) is 18.2 Å². The Morgan fingerprint density at radius 2 is 1.69 bits per heavy atom. The van der Waals surface area contributed by atoms with Gasteiger partial charge in [0, 0.05) is 51.7 Å².